The van der Waals surface area contributed by atoms with Gasteiger partial charge in [-0.25, -0.2) is 8.42 Å². The molecule has 2 unspecified atom stereocenters. The van der Waals surface area contributed by atoms with Gasteiger partial charge >= 0.3 is 0 Å². The second kappa shape index (κ2) is 5.03. The Labute approximate surface area is 114 Å². The molecule has 1 aliphatic heterocycles. The molecule has 0 aromatic carbocycles. The van der Waals surface area contributed by atoms with Crippen molar-refractivity contribution in [3.8, 4) is 0 Å². The lowest BCUT2D eigenvalue weighted by molar-refractivity contribution is 0.0941. The van der Waals surface area contributed by atoms with E-state index in [1.54, 1.807) is 0 Å². The quantitative estimate of drug-likeness (QED) is 0.823. The van der Waals surface area contributed by atoms with Crippen molar-refractivity contribution in [3.63, 3.8) is 0 Å². The van der Waals surface area contributed by atoms with Gasteiger partial charge < -0.3 is 5.32 Å². The lowest BCUT2D eigenvalue weighted by Crippen LogP contribution is -2.40. The molecule has 1 saturated heterocycles. The Bertz CT molecular complexity index is 576. The van der Waals surface area contributed by atoms with Crippen molar-refractivity contribution in [1.82, 2.24) is 10.3 Å². The molecular weight excluding hydrogens is 299 g/mol. The number of hydrogen-bond acceptors (Lipinski definition) is 4. The van der Waals surface area contributed by atoms with Gasteiger partial charge in [0.2, 0.25) is 0 Å². The Morgan fingerprint density at radius 1 is 1.44 bits per heavy atom. The Balaban J connectivity index is 2.12. The predicted octanol–water partition coefficient (Wildman–Crippen LogP) is 0.869. The standard InChI is InChI=1S/C10H10Cl2N2O3S/c11-7-3-13-2-1-6(7)10(15)14-9-5-18(16,17)4-8(9)12/h1-3,8-9H,4-5H2,(H,14,15). The monoisotopic (exact) mass is 308 g/mol. The predicted molar refractivity (Wildman–Crippen MR) is 68.8 cm³/mol. The number of sulfone groups is 1. The summed E-state index contributed by atoms with van der Waals surface area (Å²) in [7, 11) is -3.17. The van der Waals surface area contributed by atoms with E-state index in [0.29, 0.717) is 0 Å². The first-order valence-electron chi connectivity index (χ1n) is 5.14. The summed E-state index contributed by atoms with van der Waals surface area (Å²) in [5.74, 6) is -0.714. The van der Waals surface area contributed by atoms with Crippen molar-refractivity contribution in [2.45, 2.75) is 11.4 Å². The van der Waals surface area contributed by atoms with Crippen molar-refractivity contribution in [2.75, 3.05) is 11.5 Å². The van der Waals surface area contributed by atoms with Crippen LogP contribution in [0, 0.1) is 0 Å². The van der Waals surface area contributed by atoms with E-state index in [-0.39, 0.29) is 22.1 Å². The van der Waals surface area contributed by atoms with Crippen molar-refractivity contribution in [2.24, 2.45) is 0 Å². The Morgan fingerprint density at radius 3 is 2.72 bits per heavy atom. The fourth-order valence-corrected chi connectivity index (χ4v) is 4.50. The molecule has 2 rings (SSSR count). The maximum absolute atomic E-state index is 11.9. The molecule has 2 heterocycles. The Morgan fingerprint density at radius 2 is 2.17 bits per heavy atom. The summed E-state index contributed by atoms with van der Waals surface area (Å²) in [6.45, 7) is 0. The van der Waals surface area contributed by atoms with Crippen LogP contribution in [-0.2, 0) is 9.84 Å². The van der Waals surface area contributed by atoms with Crippen molar-refractivity contribution in [3.05, 3.63) is 29.0 Å². The van der Waals surface area contributed by atoms with Crippen LogP contribution in [0.3, 0.4) is 0 Å². The van der Waals surface area contributed by atoms with E-state index in [1.807, 2.05) is 0 Å². The van der Waals surface area contributed by atoms with Gasteiger partial charge in [0.15, 0.2) is 9.84 Å². The number of hydrogen-bond donors (Lipinski definition) is 1. The van der Waals surface area contributed by atoms with Gasteiger partial charge in [-0.2, -0.15) is 0 Å². The lowest BCUT2D eigenvalue weighted by atomic mass is 10.2. The molecule has 1 aromatic heterocycles. The minimum absolute atomic E-state index is 0.121. The molecule has 18 heavy (non-hydrogen) atoms. The van der Waals surface area contributed by atoms with Crippen LogP contribution in [0.15, 0.2) is 18.5 Å². The SMILES string of the molecule is O=C(NC1CS(=O)(=O)CC1Cl)c1ccncc1Cl. The zero-order valence-corrected chi connectivity index (χ0v) is 11.5. The number of alkyl halides is 1. The number of nitrogens with one attached hydrogen (secondary N) is 1. The van der Waals surface area contributed by atoms with Gasteiger partial charge in [-0.15, -0.1) is 11.6 Å². The Hall–Kier alpha value is -0.850. The third-order valence-electron chi connectivity index (χ3n) is 2.62. The van der Waals surface area contributed by atoms with E-state index in [1.165, 1.54) is 18.5 Å². The highest BCUT2D eigenvalue weighted by atomic mass is 35.5. The van der Waals surface area contributed by atoms with Crippen LogP contribution in [0.25, 0.3) is 0 Å². The van der Waals surface area contributed by atoms with Crippen LogP contribution in [0.5, 0.6) is 0 Å². The van der Waals surface area contributed by atoms with Crippen LogP contribution in [-0.4, -0.2) is 42.2 Å². The number of carbonyl (C=O) groups is 1. The van der Waals surface area contributed by atoms with Crippen LogP contribution >= 0.6 is 23.2 Å². The Kier molecular flexibility index (Phi) is 3.79. The fourth-order valence-electron chi connectivity index (χ4n) is 1.74. The maximum Gasteiger partial charge on any atom is 0.253 e. The van der Waals surface area contributed by atoms with Gasteiger partial charge in [0, 0.05) is 12.4 Å². The normalized spacial score (nSPS) is 25.9. The molecule has 98 valence electrons. The summed E-state index contributed by atoms with van der Waals surface area (Å²) in [5.41, 5.74) is 0.250. The summed E-state index contributed by atoms with van der Waals surface area (Å²) in [4.78, 5) is 15.7. The van der Waals surface area contributed by atoms with Crippen LogP contribution in [0.1, 0.15) is 10.4 Å². The van der Waals surface area contributed by atoms with E-state index in [4.69, 9.17) is 23.2 Å². The number of pyridine rings is 1. The van der Waals surface area contributed by atoms with E-state index in [9.17, 15) is 13.2 Å². The molecule has 5 nitrogen and oxygen atoms in total. The van der Waals surface area contributed by atoms with E-state index < -0.39 is 27.2 Å². The minimum Gasteiger partial charge on any atom is -0.347 e. The van der Waals surface area contributed by atoms with Crippen LogP contribution < -0.4 is 5.32 Å². The molecule has 8 heteroatoms. The largest absolute Gasteiger partial charge is 0.347 e. The molecule has 1 aliphatic rings. The summed E-state index contributed by atoms with van der Waals surface area (Å²) < 4.78 is 22.7. The number of amides is 1. The zero-order chi connectivity index (χ0) is 13.3. The van der Waals surface area contributed by atoms with Gasteiger partial charge in [-0.1, -0.05) is 11.6 Å². The fraction of sp³-hybridized carbons (Fsp3) is 0.400. The molecule has 0 saturated carbocycles. The molecule has 0 radical (unpaired) electrons. The maximum atomic E-state index is 11.9. The third-order valence-corrected chi connectivity index (χ3v) is 5.29. The first-order valence-corrected chi connectivity index (χ1v) is 7.77. The lowest BCUT2D eigenvalue weighted by Gasteiger charge is -2.14. The van der Waals surface area contributed by atoms with Gasteiger partial charge in [0.05, 0.1) is 33.5 Å². The number of rotatable bonds is 2. The average molecular weight is 309 g/mol. The summed E-state index contributed by atoms with van der Waals surface area (Å²) >= 11 is 11.7. The number of nitrogens with zero attached hydrogens (tertiary/aromatic N) is 1. The van der Waals surface area contributed by atoms with Crippen LogP contribution in [0.4, 0.5) is 0 Å². The zero-order valence-electron chi connectivity index (χ0n) is 9.14. The molecule has 2 atom stereocenters. The third kappa shape index (κ3) is 2.93. The number of carbonyl (C=O) groups excluding carboxylic acids is 1. The highest BCUT2D eigenvalue weighted by Crippen LogP contribution is 2.19. The van der Waals surface area contributed by atoms with Crippen molar-refractivity contribution < 1.29 is 13.2 Å². The van der Waals surface area contributed by atoms with Crippen molar-refractivity contribution >= 4 is 38.9 Å². The summed E-state index contributed by atoms with van der Waals surface area (Å²) in [6, 6.07) is 0.873. The van der Waals surface area contributed by atoms with Gasteiger partial charge in [-0.05, 0) is 6.07 Å². The summed E-state index contributed by atoms with van der Waals surface area (Å²) in [6.07, 6.45) is 2.78. The number of aromatic nitrogens is 1. The first kappa shape index (κ1) is 13.6. The second-order valence-electron chi connectivity index (χ2n) is 4.03. The van der Waals surface area contributed by atoms with Gasteiger partial charge in [0.25, 0.3) is 5.91 Å². The molecular formula is C10H10Cl2N2O3S. The molecule has 0 spiro atoms. The van der Waals surface area contributed by atoms with Crippen molar-refractivity contribution in [1.29, 1.82) is 0 Å². The van der Waals surface area contributed by atoms with E-state index in [0.717, 1.165) is 0 Å². The first-order chi connectivity index (χ1) is 8.39. The molecule has 0 aliphatic carbocycles. The average Bonchev–Trinajstić information content (AvgIpc) is 2.52. The van der Waals surface area contributed by atoms with E-state index in [2.05, 4.69) is 10.3 Å². The molecule has 1 N–H and O–H groups in total. The topological polar surface area (TPSA) is 76.1 Å². The highest BCUT2D eigenvalue weighted by molar-refractivity contribution is 7.91. The van der Waals surface area contributed by atoms with Gasteiger partial charge in [0.1, 0.15) is 0 Å². The molecule has 1 amide bonds. The second-order valence-corrected chi connectivity index (χ2v) is 7.15. The van der Waals surface area contributed by atoms with Gasteiger partial charge in [-0.3, -0.25) is 9.78 Å². The molecule has 1 aromatic rings. The molecule has 0 bridgehead atoms. The number of halogens is 2. The highest BCUT2D eigenvalue weighted by Gasteiger charge is 2.37. The smallest absolute Gasteiger partial charge is 0.253 e. The molecule has 1 fully saturated rings. The van der Waals surface area contributed by atoms with Crippen LogP contribution in [0.2, 0.25) is 5.02 Å². The summed E-state index contributed by atoms with van der Waals surface area (Å²) in [5, 5.41) is 2.18. The van der Waals surface area contributed by atoms with E-state index >= 15 is 0 Å². The minimum atomic E-state index is -3.17.